The number of rotatable bonds is 6. The molecule has 1 aromatic rings. The summed E-state index contributed by atoms with van der Waals surface area (Å²) >= 11 is 1.45. The maximum atomic E-state index is 12.7. The van der Waals surface area contributed by atoms with Crippen molar-refractivity contribution in [3.63, 3.8) is 0 Å². The molecule has 0 N–H and O–H groups in total. The monoisotopic (exact) mass is 400 g/mol. The Morgan fingerprint density at radius 2 is 2.04 bits per heavy atom. The van der Waals surface area contributed by atoms with Crippen molar-refractivity contribution in [3.05, 3.63) is 29.8 Å². The summed E-state index contributed by atoms with van der Waals surface area (Å²) in [5, 5.41) is 0. The molecular formula is C16H20N2O6S2. The smallest absolute Gasteiger partial charge is 0.326 e. The van der Waals surface area contributed by atoms with Crippen molar-refractivity contribution in [2.45, 2.75) is 11.5 Å². The Bertz CT molecular complexity index is 777. The third kappa shape index (κ3) is 4.56. The van der Waals surface area contributed by atoms with E-state index in [0.717, 1.165) is 0 Å². The van der Waals surface area contributed by atoms with E-state index in [9.17, 15) is 18.0 Å². The molecule has 8 nitrogen and oxygen atoms in total. The number of nitrogens with zero attached hydrogens (tertiary/aromatic N) is 2. The molecular weight excluding hydrogens is 380 g/mol. The molecule has 0 atom stereocenters. The van der Waals surface area contributed by atoms with Crippen molar-refractivity contribution in [1.82, 2.24) is 9.21 Å². The van der Waals surface area contributed by atoms with Crippen LogP contribution in [0.5, 0.6) is 0 Å². The Hall–Kier alpha value is -1.62. The SMILES string of the molecule is O=C(CN1CSCC1=O)OCc1cccc(S(=O)(=O)N2CCOCC2)c1. The van der Waals surface area contributed by atoms with Gasteiger partial charge in [0, 0.05) is 13.1 Å². The average molecular weight is 400 g/mol. The van der Waals surface area contributed by atoms with E-state index < -0.39 is 16.0 Å². The zero-order chi connectivity index (χ0) is 18.6. The van der Waals surface area contributed by atoms with Crippen molar-refractivity contribution in [2.24, 2.45) is 0 Å². The summed E-state index contributed by atoms with van der Waals surface area (Å²) in [5.74, 6) is 0.281. The molecule has 142 valence electrons. The van der Waals surface area contributed by atoms with E-state index in [1.165, 1.54) is 33.1 Å². The molecule has 2 heterocycles. The molecule has 1 amide bonds. The summed E-state index contributed by atoms with van der Waals surface area (Å²) in [6.07, 6.45) is 0. The van der Waals surface area contributed by atoms with Crippen LogP contribution >= 0.6 is 11.8 Å². The molecule has 10 heteroatoms. The highest BCUT2D eigenvalue weighted by molar-refractivity contribution is 8.00. The lowest BCUT2D eigenvalue weighted by atomic mass is 10.2. The van der Waals surface area contributed by atoms with Gasteiger partial charge < -0.3 is 14.4 Å². The van der Waals surface area contributed by atoms with Gasteiger partial charge in [0.15, 0.2) is 0 Å². The predicted molar refractivity (Wildman–Crippen MR) is 94.9 cm³/mol. The number of esters is 1. The first-order chi connectivity index (χ1) is 12.5. The maximum Gasteiger partial charge on any atom is 0.326 e. The number of thioether (sulfide) groups is 1. The highest BCUT2D eigenvalue weighted by Crippen LogP contribution is 2.19. The van der Waals surface area contributed by atoms with Gasteiger partial charge in [0.1, 0.15) is 13.2 Å². The van der Waals surface area contributed by atoms with E-state index >= 15 is 0 Å². The van der Waals surface area contributed by atoms with Crippen molar-refractivity contribution >= 4 is 33.7 Å². The second kappa shape index (κ2) is 8.38. The molecule has 0 aliphatic carbocycles. The number of sulfonamides is 1. The molecule has 1 aromatic carbocycles. The van der Waals surface area contributed by atoms with Gasteiger partial charge in [-0.25, -0.2) is 8.42 Å². The molecule has 0 unspecified atom stereocenters. The van der Waals surface area contributed by atoms with Crippen LogP contribution in [-0.4, -0.2) is 74.0 Å². The van der Waals surface area contributed by atoms with Crippen LogP contribution < -0.4 is 0 Å². The fraction of sp³-hybridized carbons (Fsp3) is 0.500. The molecule has 2 fully saturated rings. The second-order valence-corrected chi connectivity index (χ2v) is 8.79. The number of amides is 1. The largest absolute Gasteiger partial charge is 0.459 e. The van der Waals surface area contributed by atoms with E-state index in [0.29, 0.717) is 43.5 Å². The topological polar surface area (TPSA) is 93.2 Å². The summed E-state index contributed by atoms with van der Waals surface area (Å²) in [6.45, 7) is 1.28. The number of ether oxygens (including phenoxy) is 2. The summed E-state index contributed by atoms with van der Waals surface area (Å²) in [4.78, 5) is 25.0. The molecule has 0 spiro atoms. The fourth-order valence-corrected chi connectivity index (χ4v) is 5.02. The van der Waals surface area contributed by atoms with Crippen LogP contribution in [0.1, 0.15) is 5.56 Å². The van der Waals surface area contributed by atoms with E-state index in [1.807, 2.05) is 0 Å². The van der Waals surface area contributed by atoms with Crippen molar-refractivity contribution in [3.8, 4) is 0 Å². The normalized spacial score (nSPS) is 18.9. The molecule has 3 rings (SSSR count). The third-order valence-electron chi connectivity index (χ3n) is 4.05. The van der Waals surface area contributed by atoms with E-state index in [4.69, 9.17) is 9.47 Å². The van der Waals surface area contributed by atoms with Crippen LogP contribution in [0.4, 0.5) is 0 Å². The summed E-state index contributed by atoms with van der Waals surface area (Å²) in [6, 6.07) is 6.35. The third-order valence-corrected chi connectivity index (χ3v) is 6.89. The zero-order valence-corrected chi connectivity index (χ0v) is 15.8. The van der Waals surface area contributed by atoms with Crippen LogP contribution in [0.15, 0.2) is 29.2 Å². The highest BCUT2D eigenvalue weighted by atomic mass is 32.2. The van der Waals surface area contributed by atoms with Crippen LogP contribution in [0.25, 0.3) is 0 Å². The van der Waals surface area contributed by atoms with Gasteiger partial charge in [-0.2, -0.15) is 4.31 Å². The van der Waals surface area contributed by atoms with Gasteiger partial charge >= 0.3 is 5.97 Å². The summed E-state index contributed by atoms with van der Waals surface area (Å²) in [7, 11) is -3.59. The minimum Gasteiger partial charge on any atom is -0.459 e. The highest BCUT2D eigenvalue weighted by Gasteiger charge is 2.27. The quantitative estimate of drug-likeness (QED) is 0.634. The van der Waals surface area contributed by atoms with Crippen molar-refractivity contribution < 1.29 is 27.5 Å². The molecule has 26 heavy (non-hydrogen) atoms. The molecule has 0 radical (unpaired) electrons. The first-order valence-electron chi connectivity index (χ1n) is 8.15. The van der Waals surface area contributed by atoms with Crippen molar-refractivity contribution in [2.75, 3.05) is 44.5 Å². The van der Waals surface area contributed by atoms with Crippen LogP contribution in [0, 0.1) is 0 Å². The number of benzene rings is 1. The number of morpholine rings is 1. The average Bonchev–Trinajstić information content (AvgIpc) is 3.05. The molecule has 0 bridgehead atoms. The number of carbonyl (C=O) groups excluding carboxylic acids is 2. The van der Waals surface area contributed by atoms with Gasteiger partial charge in [0.05, 0.1) is 29.7 Å². The van der Waals surface area contributed by atoms with Crippen molar-refractivity contribution in [1.29, 1.82) is 0 Å². The minimum atomic E-state index is -3.59. The van der Waals surface area contributed by atoms with Gasteiger partial charge in [0.25, 0.3) is 0 Å². The van der Waals surface area contributed by atoms with Crippen LogP contribution in [-0.2, 0) is 35.7 Å². The fourth-order valence-electron chi connectivity index (χ4n) is 2.64. The van der Waals surface area contributed by atoms with E-state index in [2.05, 4.69) is 0 Å². The Morgan fingerprint density at radius 3 is 2.73 bits per heavy atom. The summed E-state index contributed by atoms with van der Waals surface area (Å²) in [5.41, 5.74) is 0.579. The van der Waals surface area contributed by atoms with Gasteiger partial charge in [-0.05, 0) is 17.7 Å². The number of hydrogen-bond donors (Lipinski definition) is 0. The van der Waals surface area contributed by atoms with Gasteiger partial charge in [-0.3, -0.25) is 9.59 Å². The lowest BCUT2D eigenvalue weighted by Crippen LogP contribution is -2.40. The predicted octanol–water partition coefficient (Wildman–Crippen LogP) is 0.284. The summed E-state index contributed by atoms with van der Waals surface area (Å²) < 4.78 is 37.1. The van der Waals surface area contributed by atoms with E-state index in [1.54, 1.807) is 12.1 Å². The first-order valence-corrected chi connectivity index (χ1v) is 10.7. The molecule has 2 saturated heterocycles. The number of carbonyl (C=O) groups is 2. The van der Waals surface area contributed by atoms with E-state index in [-0.39, 0.29) is 24.0 Å². The molecule has 0 aromatic heterocycles. The Morgan fingerprint density at radius 1 is 1.27 bits per heavy atom. The van der Waals surface area contributed by atoms with Crippen LogP contribution in [0.3, 0.4) is 0 Å². The van der Waals surface area contributed by atoms with Gasteiger partial charge in [0.2, 0.25) is 15.9 Å². The molecule has 2 aliphatic heterocycles. The van der Waals surface area contributed by atoms with Gasteiger partial charge in [-0.15, -0.1) is 11.8 Å². The lowest BCUT2D eigenvalue weighted by Gasteiger charge is -2.26. The Kier molecular flexibility index (Phi) is 6.17. The zero-order valence-electron chi connectivity index (χ0n) is 14.1. The Labute approximate surface area is 156 Å². The Balaban J connectivity index is 1.60. The molecule has 2 aliphatic rings. The molecule has 0 saturated carbocycles. The number of hydrogen-bond acceptors (Lipinski definition) is 7. The first kappa shape index (κ1) is 19.2. The second-order valence-electron chi connectivity index (χ2n) is 5.89. The minimum absolute atomic E-state index is 0.0412. The maximum absolute atomic E-state index is 12.7. The lowest BCUT2D eigenvalue weighted by molar-refractivity contribution is -0.148. The standard InChI is InChI=1S/C16H20N2O6S2/c19-15-11-25-12-17(15)9-16(20)24-10-13-2-1-3-14(8-13)26(21,22)18-4-6-23-7-5-18/h1-3,8H,4-7,9-12H2. The van der Waals surface area contributed by atoms with Crippen LogP contribution in [0.2, 0.25) is 0 Å². The van der Waals surface area contributed by atoms with Gasteiger partial charge in [-0.1, -0.05) is 12.1 Å².